The quantitative estimate of drug-likeness (QED) is 0.340. The van der Waals surface area contributed by atoms with E-state index in [0.29, 0.717) is 34.5 Å². The van der Waals surface area contributed by atoms with Gasteiger partial charge in [0.2, 0.25) is 0 Å². The molecule has 1 heterocycles. The molecule has 0 spiro atoms. The van der Waals surface area contributed by atoms with Crippen molar-refractivity contribution in [2.24, 2.45) is 23.2 Å². The Bertz CT molecular complexity index is 1350. The van der Waals surface area contributed by atoms with Gasteiger partial charge >= 0.3 is 12.1 Å². The molecule has 4 aliphatic carbocycles. The maximum absolute atomic E-state index is 13.6. The van der Waals surface area contributed by atoms with Crippen LogP contribution in [0.3, 0.4) is 0 Å². The molecule has 0 radical (unpaired) electrons. The minimum atomic E-state index is -4.43. The molecule has 1 atom stereocenters. The number of nitrogens with one attached hydrogen (secondary N) is 1. The van der Waals surface area contributed by atoms with Gasteiger partial charge in [-0.25, -0.2) is 4.79 Å². The highest BCUT2D eigenvalue weighted by Gasteiger charge is 2.56. The van der Waals surface area contributed by atoms with Crippen molar-refractivity contribution < 1.29 is 32.6 Å². The first-order valence-electron chi connectivity index (χ1n) is 12.9. The van der Waals surface area contributed by atoms with E-state index in [4.69, 9.17) is 4.74 Å². The molecule has 38 heavy (non-hydrogen) atoms. The number of carbonyl (C=O) groups is 2. The van der Waals surface area contributed by atoms with Crippen LogP contribution in [0, 0.1) is 23.2 Å². The summed E-state index contributed by atoms with van der Waals surface area (Å²) in [7, 11) is 0. The Kier molecular flexibility index (Phi) is 6.17. The van der Waals surface area contributed by atoms with Crippen LogP contribution in [0.1, 0.15) is 60.0 Å². The van der Waals surface area contributed by atoms with Crippen LogP contribution in [0.15, 0.2) is 47.8 Å². The average Bonchev–Trinajstić information content (AvgIpc) is 3.33. The molecule has 9 heteroatoms. The van der Waals surface area contributed by atoms with Crippen LogP contribution in [0.2, 0.25) is 0 Å². The highest BCUT2D eigenvalue weighted by atomic mass is 32.1. The summed E-state index contributed by atoms with van der Waals surface area (Å²) in [6.07, 6.45) is 1.55. The Hall–Kier alpha value is -3.07. The number of amides is 1. The Balaban J connectivity index is 1.26. The van der Waals surface area contributed by atoms with Gasteiger partial charge < -0.3 is 15.2 Å². The summed E-state index contributed by atoms with van der Waals surface area (Å²) in [5.74, 6) is 0.378. The molecule has 4 saturated carbocycles. The number of fused-ring (bicyclic) bond motifs is 1. The lowest BCUT2D eigenvalue weighted by Crippen LogP contribution is -2.59. The van der Waals surface area contributed by atoms with E-state index >= 15 is 0 Å². The van der Waals surface area contributed by atoms with Crippen LogP contribution in [-0.4, -0.2) is 23.0 Å². The number of rotatable bonds is 7. The first-order chi connectivity index (χ1) is 18.1. The van der Waals surface area contributed by atoms with Gasteiger partial charge in [-0.2, -0.15) is 13.2 Å². The molecular formula is C29H28F3NO4S. The lowest BCUT2D eigenvalue weighted by Gasteiger charge is -2.58. The summed E-state index contributed by atoms with van der Waals surface area (Å²) in [6, 6.07) is 8.99. The topological polar surface area (TPSA) is 75.6 Å². The molecule has 0 aliphatic heterocycles. The Morgan fingerprint density at radius 1 is 1.00 bits per heavy atom. The van der Waals surface area contributed by atoms with Crippen LogP contribution < -0.4 is 10.1 Å². The normalized spacial score (nSPS) is 26.9. The summed E-state index contributed by atoms with van der Waals surface area (Å²) in [5, 5.41) is 15.7. The highest BCUT2D eigenvalue weighted by Crippen LogP contribution is 2.61. The molecule has 1 amide bonds. The molecule has 7 rings (SSSR count). The average molecular weight is 544 g/mol. The molecule has 5 nitrogen and oxygen atoms in total. The van der Waals surface area contributed by atoms with E-state index < -0.39 is 35.1 Å². The number of aliphatic carboxylic acids is 1. The van der Waals surface area contributed by atoms with Crippen molar-refractivity contribution in [3.8, 4) is 5.75 Å². The number of carbonyl (C=O) groups excluding carboxylic acids is 1. The highest BCUT2D eigenvalue weighted by molar-refractivity contribution is 7.17. The summed E-state index contributed by atoms with van der Waals surface area (Å²) in [5.41, 5.74) is -0.428. The molecule has 0 saturated heterocycles. The summed E-state index contributed by atoms with van der Waals surface area (Å²) >= 11 is 1.47. The predicted octanol–water partition coefficient (Wildman–Crippen LogP) is 6.90. The van der Waals surface area contributed by atoms with E-state index in [2.05, 4.69) is 5.32 Å². The van der Waals surface area contributed by atoms with Crippen molar-refractivity contribution in [1.29, 1.82) is 0 Å². The summed E-state index contributed by atoms with van der Waals surface area (Å²) in [4.78, 5) is 26.2. The van der Waals surface area contributed by atoms with Gasteiger partial charge in [0.25, 0.3) is 5.91 Å². The monoisotopic (exact) mass is 543 g/mol. The zero-order valence-corrected chi connectivity index (χ0v) is 21.4. The minimum Gasteiger partial charge on any atom is -0.487 e. The van der Waals surface area contributed by atoms with E-state index in [1.54, 1.807) is 12.1 Å². The van der Waals surface area contributed by atoms with Gasteiger partial charge in [0.15, 0.2) is 0 Å². The zero-order chi connectivity index (χ0) is 26.7. The van der Waals surface area contributed by atoms with Gasteiger partial charge in [-0.1, -0.05) is 12.1 Å². The zero-order valence-electron chi connectivity index (χ0n) is 20.6. The van der Waals surface area contributed by atoms with Crippen molar-refractivity contribution >= 4 is 33.3 Å². The molecule has 4 fully saturated rings. The molecular weight excluding hydrogens is 515 g/mol. The molecule has 200 valence electrons. The van der Waals surface area contributed by atoms with Crippen molar-refractivity contribution in [1.82, 2.24) is 5.32 Å². The van der Waals surface area contributed by atoms with E-state index in [1.165, 1.54) is 23.5 Å². The summed E-state index contributed by atoms with van der Waals surface area (Å²) in [6.45, 7) is -0.0370. The Morgan fingerprint density at radius 3 is 2.21 bits per heavy atom. The first kappa shape index (κ1) is 25.2. The Morgan fingerprint density at radius 2 is 1.63 bits per heavy atom. The van der Waals surface area contributed by atoms with Crippen LogP contribution in [-0.2, 0) is 17.6 Å². The van der Waals surface area contributed by atoms with Gasteiger partial charge in [0.05, 0.1) is 11.1 Å². The fourth-order valence-electron chi connectivity index (χ4n) is 7.51. The lowest BCUT2D eigenvalue weighted by molar-refractivity contribution is -0.150. The summed E-state index contributed by atoms with van der Waals surface area (Å²) < 4.78 is 45.7. The van der Waals surface area contributed by atoms with Crippen molar-refractivity contribution in [3.63, 3.8) is 0 Å². The van der Waals surface area contributed by atoms with Crippen molar-refractivity contribution in [2.75, 3.05) is 0 Å². The van der Waals surface area contributed by atoms with E-state index in [9.17, 15) is 27.9 Å². The number of hydrogen-bond acceptors (Lipinski definition) is 4. The lowest BCUT2D eigenvalue weighted by atomic mass is 9.47. The third-order valence-electron chi connectivity index (χ3n) is 8.72. The fraction of sp³-hybridized carbons (Fsp3) is 0.448. The molecule has 2 N–H and O–H groups in total. The number of halogens is 3. The number of carboxylic acid groups (broad SMARTS) is 1. The van der Waals surface area contributed by atoms with E-state index in [1.807, 2.05) is 11.4 Å². The predicted molar refractivity (Wildman–Crippen MR) is 137 cm³/mol. The minimum absolute atomic E-state index is 0.0370. The van der Waals surface area contributed by atoms with Crippen molar-refractivity contribution in [2.45, 2.75) is 57.3 Å². The van der Waals surface area contributed by atoms with Gasteiger partial charge in [-0.15, -0.1) is 11.3 Å². The van der Waals surface area contributed by atoms with Crippen LogP contribution in [0.5, 0.6) is 5.75 Å². The SMILES string of the molecule is O=C(N[C@H](C(=O)O)C12CC3CC(CC(C3)C1)C2)c1ccc2sccc2c1OCc1ccc(C(F)(F)F)cc1. The third kappa shape index (κ3) is 4.55. The second kappa shape index (κ2) is 9.29. The fourth-order valence-corrected chi connectivity index (χ4v) is 8.30. The van der Waals surface area contributed by atoms with Crippen LogP contribution >= 0.6 is 11.3 Å². The Labute approximate surface area is 222 Å². The standard InChI is InChI=1S/C29H28F3NO4S/c30-29(31,32)20-3-1-16(2-4-20)15-37-24-21-7-8-38-23(21)6-5-22(24)26(34)33-25(27(35)36)28-12-17-9-18(13-28)11-19(10-17)14-28/h1-8,17-19,25H,9-15H2,(H,33,34)(H,35,36)/t17?,18?,19?,25-,28?/m1/s1. The van der Waals surface area contributed by atoms with E-state index in [-0.39, 0.29) is 12.2 Å². The van der Waals surface area contributed by atoms with Crippen molar-refractivity contribution in [3.05, 3.63) is 64.5 Å². The third-order valence-corrected chi connectivity index (χ3v) is 9.60. The smallest absolute Gasteiger partial charge is 0.416 e. The molecule has 1 aromatic heterocycles. The van der Waals surface area contributed by atoms with E-state index in [0.717, 1.165) is 55.4 Å². The number of thiophene rings is 1. The number of ether oxygens (including phenoxy) is 1. The number of hydrogen-bond donors (Lipinski definition) is 2. The molecule has 0 unspecified atom stereocenters. The molecule has 4 bridgehead atoms. The van der Waals surface area contributed by atoms with Crippen LogP contribution in [0.4, 0.5) is 13.2 Å². The molecule has 3 aromatic rings. The second-order valence-corrected chi connectivity index (χ2v) is 12.2. The molecule has 4 aliphatic rings. The second-order valence-electron chi connectivity index (χ2n) is 11.3. The van der Waals surface area contributed by atoms with Gasteiger partial charge in [0, 0.05) is 15.5 Å². The number of carboxylic acids is 1. The maximum Gasteiger partial charge on any atom is 0.416 e. The van der Waals surface area contributed by atoms with Gasteiger partial charge in [-0.05, 0) is 97.6 Å². The number of benzene rings is 2. The number of alkyl halides is 3. The van der Waals surface area contributed by atoms with Gasteiger partial charge in [0.1, 0.15) is 18.4 Å². The van der Waals surface area contributed by atoms with Crippen LogP contribution in [0.25, 0.3) is 10.1 Å². The first-order valence-corrected chi connectivity index (χ1v) is 13.8. The molecule has 2 aromatic carbocycles. The van der Waals surface area contributed by atoms with Gasteiger partial charge in [-0.3, -0.25) is 4.79 Å². The largest absolute Gasteiger partial charge is 0.487 e. The maximum atomic E-state index is 13.6.